The second-order valence-electron chi connectivity index (χ2n) is 4.72. The molecule has 1 aromatic heterocycles. The van der Waals surface area contributed by atoms with Crippen LogP contribution in [-0.2, 0) is 11.3 Å². The third-order valence-corrected chi connectivity index (χ3v) is 3.27. The van der Waals surface area contributed by atoms with Gasteiger partial charge in [0.25, 0.3) is 5.91 Å². The van der Waals surface area contributed by atoms with E-state index in [1.807, 2.05) is 30.3 Å². The first-order valence-corrected chi connectivity index (χ1v) is 7.10. The van der Waals surface area contributed by atoms with Crippen molar-refractivity contribution in [2.45, 2.75) is 13.0 Å². The minimum absolute atomic E-state index is 0.118. The first kappa shape index (κ1) is 16.0. The van der Waals surface area contributed by atoms with Crippen molar-refractivity contribution in [1.29, 1.82) is 0 Å². The lowest BCUT2D eigenvalue weighted by Gasteiger charge is -2.21. The molecule has 0 spiro atoms. The zero-order chi connectivity index (χ0) is 15.9. The van der Waals surface area contributed by atoms with E-state index in [1.54, 1.807) is 6.07 Å². The molecule has 0 aliphatic carbocycles. The minimum atomic E-state index is -0.949. The number of pyridine rings is 1. The van der Waals surface area contributed by atoms with E-state index >= 15 is 0 Å². The standard InChI is InChI=1S/C16H15ClN2O3/c17-13-6-7-14(18-10-13)16(22)19(9-8-15(20)21)11-12-4-2-1-3-5-12/h1-7,10H,8-9,11H2,(H,20,21). The number of benzene rings is 1. The third kappa shape index (κ3) is 4.56. The van der Waals surface area contributed by atoms with Crippen LogP contribution in [0.1, 0.15) is 22.5 Å². The molecule has 0 saturated carbocycles. The van der Waals surface area contributed by atoms with Crippen LogP contribution in [-0.4, -0.2) is 33.4 Å². The van der Waals surface area contributed by atoms with Gasteiger partial charge in [-0.25, -0.2) is 4.98 Å². The number of hydrogen-bond acceptors (Lipinski definition) is 3. The van der Waals surface area contributed by atoms with Crippen LogP contribution in [0, 0.1) is 0 Å². The second kappa shape index (κ2) is 7.56. The van der Waals surface area contributed by atoms with Crippen LogP contribution in [0.5, 0.6) is 0 Å². The summed E-state index contributed by atoms with van der Waals surface area (Å²) in [6, 6.07) is 12.5. The SMILES string of the molecule is O=C(O)CCN(Cc1ccccc1)C(=O)c1ccc(Cl)cn1. The summed E-state index contributed by atoms with van der Waals surface area (Å²) in [6.07, 6.45) is 1.28. The number of aliphatic carboxylic acids is 1. The van der Waals surface area contributed by atoms with Gasteiger partial charge in [-0.2, -0.15) is 0 Å². The average Bonchev–Trinajstić information content (AvgIpc) is 2.52. The molecule has 2 aromatic rings. The summed E-state index contributed by atoms with van der Waals surface area (Å²) in [5.74, 6) is -1.27. The van der Waals surface area contributed by atoms with Gasteiger partial charge in [-0.1, -0.05) is 41.9 Å². The molecule has 0 atom stereocenters. The van der Waals surface area contributed by atoms with E-state index in [0.717, 1.165) is 5.56 Å². The van der Waals surface area contributed by atoms with Gasteiger partial charge in [0.2, 0.25) is 0 Å². The van der Waals surface area contributed by atoms with Crippen molar-refractivity contribution in [1.82, 2.24) is 9.88 Å². The molecule has 0 aliphatic rings. The Bertz CT molecular complexity index is 644. The van der Waals surface area contributed by atoms with Gasteiger partial charge in [0.1, 0.15) is 5.69 Å². The molecule has 1 N–H and O–H groups in total. The summed E-state index contributed by atoms with van der Waals surface area (Å²) in [5.41, 5.74) is 1.17. The molecule has 0 unspecified atom stereocenters. The zero-order valence-corrected chi connectivity index (χ0v) is 12.5. The smallest absolute Gasteiger partial charge is 0.305 e. The Morgan fingerprint density at radius 2 is 1.86 bits per heavy atom. The van der Waals surface area contributed by atoms with E-state index in [-0.39, 0.29) is 24.6 Å². The number of halogens is 1. The van der Waals surface area contributed by atoms with Gasteiger partial charge < -0.3 is 10.0 Å². The quantitative estimate of drug-likeness (QED) is 0.889. The summed E-state index contributed by atoms with van der Waals surface area (Å²) < 4.78 is 0. The molecule has 0 fully saturated rings. The van der Waals surface area contributed by atoms with Gasteiger partial charge in [-0.05, 0) is 17.7 Å². The predicted octanol–water partition coefficient (Wildman–Crippen LogP) is 2.85. The minimum Gasteiger partial charge on any atom is -0.481 e. The third-order valence-electron chi connectivity index (χ3n) is 3.05. The van der Waals surface area contributed by atoms with Gasteiger partial charge in [-0.15, -0.1) is 0 Å². The Kier molecular flexibility index (Phi) is 5.49. The summed E-state index contributed by atoms with van der Waals surface area (Å²) >= 11 is 5.76. The fourth-order valence-corrected chi connectivity index (χ4v) is 2.06. The van der Waals surface area contributed by atoms with Crippen LogP contribution in [0.3, 0.4) is 0 Å². The van der Waals surface area contributed by atoms with Gasteiger partial charge >= 0.3 is 5.97 Å². The zero-order valence-electron chi connectivity index (χ0n) is 11.8. The molecule has 6 heteroatoms. The number of carbonyl (C=O) groups excluding carboxylic acids is 1. The van der Waals surface area contributed by atoms with Gasteiger partial charge in [0, 0.05) is 19.3 Å². The second-order valence-corrected chi connectivity index (χ2v) is 5.15. The van der Waals surface area contributed by atoms with E-state index in [9.17, 15) is 9.59 Å². The van der Waals surface area contributed by atoms with E-state index in [0.29, 0.717) is 11.6 Å². The number of carboxylic acid groups (broad SMARTS) is 1. The van der Waals surface area contributed by atoms with E-state index in [4.69, 9.17) is 16.7 Å². The summed E-state index contributed by atoms with van der Waals surface area (Å²) in [6.45, 7) is 0.449. The number of rotatable bonds is 6. The molecular weight excluding hydrogens is 304 g/mol. The molecule has 0 bridgehead atoms. The van der Waals surface area contributed by atoms with Crippen LogP contribution in [0.4, 0.5) is 0 Å². The maximum atomic E-state index is 12.5. The first-order valence-electron chi connectivity index (χ1n) is 6.73. The van der Waals surface area contributed by atoms with Crippen LogP contribution < -0.4 is 0 Å². The topological polar surface area (TPSA) is 70.5 Å². The fraction of sp³-hybridized carbons (Fsp3) is 0.188. The molecule has 5 nitrogen and oxygen atoms in total. The Morgan fingerprint density at radius 3 is 2.45 bits per heavy atom. The van der Waals surface area contributed by atoms with E-state index in [1.165, 1.54) is 17.2 Å². The molecule has 1 heterocycles. The van der Waals surface area contributed by atoms with Crippen molar-refractivity contribution >= 4 is 23.5 Å². The van der Waals surface area contributed by atoms with Crippen molar-refractivity contribution in [3.05, 3.63) is 64.9 Å². The fourth-order valence-electron chi connectivity index (χ4n) is 1.95. The van der Waals surface area contributed by atoms with Crippen LogP contribution in [0.2, 0.25) is 5.02 Å². The number of carbonyl (C=O) groups is 2. The molecular formula is C16H15ClN2O3. The average molecular weight is 319 g/mol. The monoisotopic (exact) mass is 318 g/mol. The first-order chi connectivity index (χ1) is 10.6. The Hall–Kier alpha value is -2.40. The number of nitrogens with zero attached hydrogens (tertiary/aromatic N) is 2. The van der Waals surface area contributed by atoms with Gasteiger partial charge in [0.05, 0.1) is 11.4 Å². The maximum Gasteiger partial charge on any atom is 0.305 e. The van der Waals surface area contributed by atoms with Crippen LogP contribution >= 0.6 is 11.6 Å². The normalized spacial score (nSPS) is 10.2. The number of aromatic nitrogens is 1. The molecule has 0 aliphatic heterocycles. The Balaban J connectivity index is 2.17. The molecule has 1 aromatic carbocycles. The Morgan fingerprint density at radius 1 is 1.14 bits per heavy atom. The number of hydrogen-bond donors (Lipinski definition) is 1. The predicted molar refractivity (Wildman–Crippen MR) is 82.7 cm³/mol. The lowest BCUT2D eigenvalue weighted by Crippen LogP contribution is -2.33. The Labute approximate surface area is 133 Å². The lowest BCUT2D eigenvalue weighted by molar-refractivity contribution is -0.137. The molecule has 22 heavy (non-hydrogen) atoms. The van der Waals surface area contributed by atoms with Crippen LogP contribution in [0.15, 0.2) is 48.7 Å². The molecule has 114 valence electrons. The van der Waals surface area contributed by atoms with Crippen molar-refractivity contribution in [2.24, 2.45) is 0 Å². The van der Waals surface area contributed by atoms with Crippen LogP contribution in [0.25, 0.3) is 0 Å². The molecule has 0 radical (unpaired) electrons. The highest BCUT2D eigenvalue weighted by atomic mass is 35.5. The summed E-state index contributed by atoms with van der Waals surface area (Å²) in [7, 11) is 0. The van der Waals surface area contributed by atoms with Crippen molar-refractivity contribution in [2.75, 3.05) is 6.54 Å². The highest BCUT2D eigenvalue weighted by Gasteiger charge is 2.18. The van der Waals surface area contributed by atoms with Gasteiger partial charge in [0.15, 0.2) is 0 Å². The highest BCUT2D eigenvalue weighted by Crippen LogP contribution is 2.12. The molecule has 1 amide bonds. The van der Waals surface area contributed by atoms with Gasteiger partial charge in [-0.3, -0.25) is 9.59 Å². The van der Waals surface area contributed by atoms with Crippen molar-refractivity contribution in [3.8, 4) is 0 Å². The highest BCUT2D eigenvalue weighted by molar-refractivity contribution is 6.30. The summed E-state index contributed by atoms with van der Waals surface area (Å²) in [4.78, 5) is 28.8. The van der Waals surface area contributed by atoms with E-state index in [2.05, 4.69) is 4.98 Å². The number of amides is 1. The van der Waals surface area contributed by atoms with E-state index < -0.39 is 5.97 Å². The molecule has 2 rings (SSSR count). The molecule has 0 saturated heterocycles. The van der Waals surface area contributed by atoms with Crippen molar-refractivity contribution < 1.29 is 14.7 Å². The van der Waals surface area contributed by atoms with Crippen molar-refractivity contribution in [3.63, 3.8) is 0 Å². The lowest BCUT2D eigenvalue weighted by atomic mass is 10.2. The number of carboxylic acids is 1. The summed E-state index contributed by atoms with van der Waals surface area (Å²) in [5, 5.41) is 9.29. The largest absolute Gasteiger partial charge is 0.481 e. The maximum absolute atomic E-state index is 12.5.